The maximum Gasteiger partial charge on any atom is 0.151 e. The molecule has 0 unspecified atom stereocenters. The number of hydrogen-bond acceptors (Lipinski definition) is 3. The van der Waals surface area contributed by atoms with Gasteiger partial charge in [-0.25, -0.2) is 9.37 Å². The van der Waals surface area contributed by atoms with Gasteiger partial charge in [0, 0.05) is 13.2 Å². The normalized spacial score (nSPS) is 11.0. The van der Waals surface area contributed by atoms with Crippen LogP contribution in [-0.4, -0.2) is 19.6 Å². The first-order chi connectivity index (χ1) is 8.68. The van der Waals surface area contributed by atoms with Gasteiger partial charge in [0.15, 0.2) is 5.82 Å². The number of aryl methyl sites for hydroxylation is 1. The highest BCUT2D eigenvalue weighted by atomic mass is 19.1. The molecule has 0 amide bonds. The molecule has 3 rings (SSSR count). The number of halogens is 1. The van der Waals surface area contributed by atoms with E-state index in [9.17, 15) is 9.50 Å². The molecule has 0 aliphatic carbocycles. The highest BCUT2D eigenvalue weighted by Crippen LogP contribution is 2.30. The van der Waals surface area contributed by atoms with Crippen molar-refractivity contribution in [3.63, 3.8) is 0 Å². The predicted octanol–water partition coefficient (Wildman–Crippen LogP) is 2.48. The summed E-state index contributed by atoms with van der Waals surface area (Å²) in [7, 11) is 1.78. The van der Waals surface area contributed by atoms with Crippen LogP contribution in [0.15, 0.2) is 36.7 Å². The molecule has 1 N–H and O–H groups in total. The molecule has 0 radical (unpaired) electrons. The molecule has 0 spiro atoms. The van der Waals surface area contributed by atoms with Gasteiger partial charge in [-0.1, -0.05) is 6.07 Å². The third kappa shape index (κ3) is 1.44. The van der Waals surface area contributed by atoms with Crippen LogP contribution in [0.1, 0.15) is 0 Å². The van der Waals surface area contributed by atoms with Crippen LogP contribution in [0.2, 0.25) is 0 Å². The quantitative estimate of drug-likeness (QED) is 0.714. The largest absolute Gasteiger partial charge is 0.506 e. The van der Waals surface area contributed by atoms with Crippen molar-refractivity contribution in [2.75, 3.05) is 0 Å². The van der Waals surface area contributed by atoms with Crippen molar-refractivity contribution in [3.8, 4) is 17.1 Å². The third-order valence-corrected chi connectivity index (χ3v) is 2.90. The van der Waals surface area contributed by atoms with Crippen LogP contribution in [0.3, 0.4) is 0 Å². The van der Waals surface area contributed by atoms with Crippen molar-refractivity contribution in [2.45, 2.75) is 0 Å². The number of aromatic nitrogens is 3. The maximum absolute atomic E-state index is 13.6. The second kappa shape index (κ2) is 3.80. The summed E-state index contributed by atoms with van der Waals surface area (Å²) in [5, 5.41) is 9.77. The summed E-state index contributed by atoms with van der Waals surface area (Å²) in [6.07, 6.45) is 2.90. The second-order valence-electron chi connectivity index (χ2n) is 3.99. The third-order valence-electron chi connectivity index (χ3n) is 2.90. The molecule has 0 fully saturated rings. The van der Waals surface area contributed by atoms with Crippen molar-refractivity contribution >= 4 is 11.0 Å². The smallest absolute Gasteiger partial charge is 0.151 e. The van der Waals surface area contributed by atoms with Gasteiger partial charge in [-0.05, 0) is 18.2 Å². The molecule has 1 aromatic carbocycles. The number of rotatable bonds is 1. The first-order valence-corrected chi connectivity index (χ1v) is 5.43. The zero-order chi connectivity index (χ0) is 12.7. The van der Waals surface area contributed by atoms with E-state index in [1.54, 1.807) is 36.0 Å². The van der Waals surface area contributed by atoms with Gasteiger partial charge >= 0.3 is 0 Å². The molecular formula is C13H10FN3O. The number of benzene rings is 1. The zero-order valence-electron chi connectivity index (χ0n) is 9.63. The molecule has 4 nitrogen and oxygen atoms in total. The van der Waals surface area contributed by atoms with Crippen LogP contribution in [0, 0.1) is 5.82 Å². The standard InChI is InChI=1S/C13H10FN3O/c1-17-10-4-2-3-9(14)12(10)16-13(17)8-5-6-15-7-11(8)18/h2-7,18H,1H3. The second-order valence-corrected chi connectivity index (χ2v) is 3.99. The van der Waals surface area contributed by atoms with E-state index in [2.05, 4.69) is 9.97 Å². The van der Waals surface area contributed by atoms with E-state index in [0.29, 0.717) is 22.4 Å². The van der Waals surface area contributed by atoms with Crippen LogP contribution >= 0.6 is 0 Å². The van der Waals surface area contributed by atoms with Gasteiger partial charge in [0.05, 0.1) is 17.3 Å². The van der Waals surface area contributed by atoms with Crippen LogP contribution in [-0.2, 0) is 7.05 Å². The van der Waals surface area contributed by atoms with E-state index < -0.39 is 0 Å². The van der Waals surface area contributed by atoms with Crippen LogP contribution in [0.25, 0.3) is 22.4 Å². The average molecular weight is 243 g/mol. The van der Waals surface area contributed by atoms with Gasteiger partial charge in [-0.2, -0.15) is 0 Å². The van der Waals surface area contributed by atoms with Crippen molar-refractivity contribution < 1.29 is 9.50 Å². The maximum atomic E-state index is 13.6. The molecule has 18 heavy (non-hydrogen) atoms. The molecule has 0 atom stereocenters. The summed E-state index contributed by atoms with van der Waals surface area (Å²) < 4.78 is 15.4. The van der Waals surface area contributed by atoms with E-state index in [4.69, 9.17) is 0 Å². The highest BCUT2D eigenvalue weighted by Gasteiger charge is 2.14. The Hall–Kier alpha value is -2.43. The lowest BCUT2D eigenvalue weighted by molar-refractivity contribution is 0.474. The summed E-state index contributed by atoms with van der Waals surface area (Å²) >= 11 is 0. The molecule has 90 valence electrons. The molecule has 3 aromatic rings. The Morgan fingerprint density at radius 3 is 2.83 bits per heavy atom. The van der Waals surface area contributed by atoms with Crippen molar-refractivity contribution in [2.24, 2.45) is 7.05 Å². The van der Waals surface area contributed by atoms with Gasteiger partial charge in [-0.3, -0.25) is 4.98 Å². The van der Waals surface area contributed by atoms with Gasteiger partial charge in [0.25, 0.3) is 0 Å². The average Bonchev–Trinajstić information content (AvgIpc) is 2.70. The van der Waals surface area contributed by atoms with E-state index in [-0.39, 0.29) is 11.6 Å². The lowest BCUT2D eigenvalue weighted by Gasteiger charge is -2.03. The van der Waals surface area contributed by atoms with Crippen LogP contribution in [0.5, 0.6) is 5.75 Å². The molecule has 5 heteroatoms. The van der Waals surface area contributed by atoms with Gasteiger partial charge < -0.3 is 9.67 Å². The minimum absolute atomic E-state index is 0.0244. The Kier molecular flexibility index (Phi) is 2.26. The Balaban J connectivity index is 2.35. The van der Waals surface area contributed by atoms with Crippen molar-refractivity contribution in [3.05, 3.63) is 42.5 Å². The Bertz CT molecular complexity index is 736. The number of pyridine rings is 1. The fourth-order valence-corrected chi connectivity index (χ4v) is 2.00. The molecule has 2 heterocycles. The van der Waals surface area contributed by atoms with E-state index in [1.165, 1.54) is 12.3 Å². The molecule has 0 aliphatic heterocycles. The zero-order valence-corrected chi connectivity index (χ0v) is 9.63. The first kappa shape index (κ1) is 10.7. The van der Waals surface area contributed by atoms with Gasteiger partial charge in [-0.15, -0.1) is 0 Å². The molecule has 0 saturated heterocycles. The van der Waals surface area contributed by atoms with Crippen LogP contribution < -0.4 is 0 Å². The predicted molar refractivity (Wildman–Crippen MR) is 65.6 cm³/mol. The topological polar surface area (TPSA) is 50.9 Å². The van der Waals surface area contributed by atoms with Crippen LogP contribution in [0.4, 0.5) is 4.39 Å². The molecule has 2 aromatic heterocycles. The SMILES string of the molecule is Cn1c(-c2ccncc2O)nc2c(F)cccc21. The fraction of sp³-hybridized carbons (Fsp3) is 0.0769. The Morgan fingerprint density at radius 1 is 1.28 bits per heavy atom. The lowest BCUT2D eigenvalue weighted by Crippen LogP contribution is -1.92. The number of hydrogen-bond donors (Lipinski definition) is 1. The van der Waals surface area contributed by atoms with E-state index >= 15 is 0 Å². The highest BCUT2D eigenvalue weighted by molar-refractivity contribution is 5.82. The summed E-state index contributed by atoms with van der Waals surface area (Å²) in [6.45, 7) is 0. The number of para-hydroxylation sites is 1. The monoisotopic (exact) mass is 243 g/mol. The Morgan fingerprint density at radius 2 is 2.11 bits per heavy atom. The molecule has 0 saturated carbocycles. The first-order valence-electron chi connectivity index (χ1n) is 5.43. The number of aromatic hydroxyl groups is 1. The number of nitrogens with zero attached hydrogens (tertiary/aromatic N) is 3. The fourth-order valence-electron chi connectivity index (χ4n) is 2.00. The number of imidazole rings is 1. The molecule has 0 aliphatic rings. The summed E-state index contributed by atoms with van der Waals surface area (Å²) in [4.78, 5) is 8.05. The van der Waals surface area contributed by atoms with Gasteiger partial charge in [0.2, 0.25) is 0 Å². The minimum atomic E-state index is -0.372. The van der Waals surface area contributed by atoms with Gasteiger partial charge in [0.1, 0.15) is 17.1 Å². The summed E-state index contributed by atoms with van der Waals surface area (Å²) in [5.74, 6) is 0.161. The van der Waals surface area contributed by atoms with Crippen molar-refractivity contribution in [1.82, 2.24) is 14.5 Å². The Labute approximate surface area is 102 Å². The number of fused-ring (bicyclic) bond motifs is 1. The lowest BCUT2D eigenvalue weighted by atomic mass is 10.2. The van der Waals surface area contributed by atoms with E-state index in [0.717, 1.165) is 0 Å². The molecule has 0 bridgehead atoms. The van der Waals surface area contributed by atoms with Crippen molar-refractivity contribution in [1.29, 1.82) is 0 Å². The molecular weight excluding hydrogens is 233 g/mol. The summed E-state index contributed by atoms with van der Waals surface area (Å²) in [5.41, 5.74) is 1.51. The summed E-state index contributed by atoms with van der Waals surface area (Å²) in [6, 6.07) is 6.43. The van der Waals surface area contributed by atoms with E-state index in [1.807, 2.05) is 0 Å². The minimum Gasteiger partial charge on any atom is -0.506 e.